The summed E-state index contributed by atoms with van der Waals surface area (Å²) in [6.45, 7) is 18.8. The van der Waals surface area contributed by atoms with Crippen molar-refractivity contribution in [2.75, 3.05) is 52.8 Å². The largest absolute Gasteiger partial charge is 0.378 e. The highest BCUT2D eigenvalue weighted by atomic mass is 16.7. The first-order chi connectivity index (χ1) is 33.0. The molecule has 4 unspecified atom stereocenters. The molecule has 0 aromatic heterocycles. The maximum atomic E-state index is 11.8. The summed E-state index contributed by atoms with van der Waals surface area (Å²) in [5.74, 6) is 0.698. The summed E-state index contributed by atoms with van der Waals surface area (Å²) in [6.07, 6.45) is 52.1. The molecule has 400 valence electrons. The monoisotopic (exact) mass is 949 g/mol. The third kappa shape index (κ3) is 40.7. The summed E-state index contributed by atoms with van der Waals surface area (Å²) < 4.78 is 17.8. The average Bonchev–Trinajstić information content (AvgIpc) is 3.86. The highest BCUT2D eigenvalue weighted by Crippen LogP contribution is 2.24. The van der Waals surface area contributed by atoms with Crippen molar-refractivity contribution in [3.05, 3.63) is 11.6 Å². The first-order valence-electron chi connectivity index (χ1n) is 30.3. The van der Waals surface area contributed by atoms with Gasteiger partial charge < -0.3 is 29.3 Å². The van der Waals surface area contributed by atoms with Crippen LogP contribution in [0.15, 0.2) is 11.6 Å². The van der Waals surface area contributed by atoms with E-state index in [0.29, 0.717) is 25.4 Å². The van der Waals surface area contributed by atoms with Crippen LogP contribution in [0.25, 0.3) is 0 Å². The van der Waals surface area contributed by atoms with Gasteiger partial charge in [0.05, 0.1) is 13.2 Å². The van der Waals surface area contributed by atoms with E-state index in [2.05, 4.69) is 50.5 Å². The van der Waals surface area contributed by atoms with Crippen molar-refractivity contribution in [2.24, 2.45) is 5.92 Å². The molecule has 2 N–H and O–H groups in total. The fourth-order valence-corrected chi connectivity index (χ4v) is 10.3. The number of rotatable bonds is 54. The van der Waals surface area contributed by atoms with Crippen LogP contribution in [0, 0.1) is 5.92 Å². The minimum Gasteiger partial charge on any atom is -0.378 e. The molecule has 0 saturated carbocycles. The minimum atomic E-state index is -0.645. The summed E-state index contributed by atoms with van der Waals surface area (Å²) >= 11 is 0. The molecular formula is C60H120N2O5. The Morgan fingerprint density at radius 2 is 1.03 bits per heavy atom. The standard InChI is InChI=1S/C60H120N2O5/c1-6-11-16-19-27-34-46-59(63)62(51-39-50-61-48-36-37-49-61)58(45-33-26-22-23-28-35-47-60(64)67-54-57(41-15-10-5)43-31-18-13-8-3)44-32-25-21-20-24-29-38-52-65-55-66-53-56(40-14-9-4)42-30-17-12-7-2/h43,56,58-60,63-64H,6-42,44-55H2,1-5H3/b57-43+. The van der Waals surface area contributed by atoms with Crippen molar-refractivity contribution in [3.8, 4) is 0 Å². The molecule has 1 aliphatic rings. The predicted molar refractivity (Wildman–Crippen MR) is 291 cm³/mol. The second-order valence-corrected chi connectivity index (χ2v) is 21.3. The molecule has 0 radical (unpaired) electrons. The quantitative estimate of drug-likeness (QED) is 0.0357. The van der Waals surface area contributed by atoms with Gasteiger partial charge in [-0.3, -0.25) is 4.90 Å². The van der Waals surface area contributed by atoms with Gasteiger partial charge in [0.2, 0.25) is 0 Å². The van der Waals surface area contributed by atoms with Crippen LogP contribution in [-0.4, -0.2) is 91.4 Å². The molecule has 1 aliphatic heterocycles. The van der Waals surface area contributed by atoms with Crippen LogP contribution >= 0.6 is 0 Å². The number of ether oxygens (including phenoxy) is 3. The molecular weight excluding hydrogens is 829 g/mol. The molecule has 7 nitrogen and oxygen atoms in total. The van der Waals surface area contributed by atoms with E-state index in [1.54, 1.807) is 0 Å². The molecule has 67 heavy (non-hydrogen) atoms. The Bertz CT molecular complexity index is 1010. The molecule has 1 heterocycles. The van der Waals surface area contributed by atoms with Crippen LogP contribution in [0.4, 0.5) is 0 Å². The smallest absolute Gasteiger partial charge is 0.154 e. The van der Waals surface area contributed by atoms with Crippen LogP contribution < -0.4 is 0 Å². The zero-order chi connectivity index (χ0) is 48.5. The molecule has 1 rings (SSSR count). The number of unbranched alkanes of at least 4 members (excludes halogenated alkanes) is 24. The highest BCUT2D eigenvalue weighted by Gasteiger charge is 2.25. The average molecular weight is 950 g/mol. The Morgan fingerprint density at radius 1 is 0.522 bits per heavy atom. The molecule has 0 aliphatic carbocycles. The molecule has 4 atom stereocenters. The van der Waals surface area contributed by atoms with Crippen molar-refractivity contribution in [1.82, 2.24) is 9.80 Å². The zero-order valence-corrected chi connectivity index (χ0v) is 46.0. The zero-order valence-electron chi connectivity index (χ0n) is 46.0. The highest BCUT2D eigenvalue weighted by molar-refractivity contribution is 5.02. The number of aliphatic hydroxyl groups excluding tert-OH is 2. The number of aliphatic hydroxyl groups is 2. The molecule has 0 aromatic rings. The second-order valence-electron chi connectivity index (χ2n) is 21.3. The van der Waals surface area contributed by atoms with E-state index in [-0.39, 0.29) is 6.23 Å². The summed E-state index contributed by atoms with van der Waals surface area (Å²) in [7, 11) is 0. The van der Waals surface area contributed by atoms with Gasteiger partial charge in [0, 0.05) is 19.2 Å². The molecule has 1 saturated heterocycles. The summed E-state index contributed by atoms with van der Waals surface area (Å²) in [5, 5.41) is 22.5. The Labute approximate surface area is 419 Å². The third-order valence-corrected chi connectivity index (χ3v) is 14.8. The summed E-state index contributed by atoms with van der Waals surface area (Å²) in [5.41, 5.74) is 1.37. The van der Waals surface area contributed by atoms with E-state index in [1.165, 1.54) is 244 Å². The Balaban J connectivity index is 2.55. The Kier molecular flexibility index (Phi) is 48.5. The van der Waals surface area contributed by atoms with E-state index in [1.807, 2.05) is 0 Å². The van der Waals surface area contributed by atoms with Gasteiger partial charge in [-0.15, -0.1) is 0 Å². The van der Waals surface area contributed by atoms with Gasteiger partial charge in [0.1, 0.15) is 13.0 Å². The fraction of sp³-hybridized carbons (Fsp3) is 0.967. The topological polar surface area (TPSA) is 74.6 Å². The van der Waals surface area contributed by atoms with Crippen LogP contribution in [0.3, 0.4) is 0 Å². The van der Waals surface area contributed by atoms with Crippen LogP contribution in [0.2, 0.25) is 0 Å². The van der Waals surface area contributed by atoms with Crippen LogP contribution in [-0.2, 0) is 14.2 Å². The van der Waals surface area contributed by atoms with E-state index >= 15 is 0 Å². The lowest BCUT2D eigenvalue weighted by atomic mass is 9.96. The molecule has 0 bridgehead atoms. The minimum absolute atomic E-state index is 0.312. The van der Waals surface area contributed by atoms with E-state index in [4.69, 9.17) is 14.2 Å². The van der Waals surface area contributed by atoms with Gasteiger partial charge in [0.15, 0.2) is 6.29 Å². The third-order valence-electron chi connectivity index (χ3n) is 14.8. The number of hydrogen-bond donors (Lipinski definition) is 2. The van der Waals surface area contributed by atoms with Gasteiger partial charge in [-0.1, -0.05) is 201 Å². The summed E-state index contributed by atoms with van der Waals surface area (Å²) in [6, 6.07) is 0.478. The SMILES string of the molecule is CCCCC/C=C(\CCCC)COC(O)CCCCCCCCC(CCCCCCCCCOCOCC(CCCC)CCCCCC)N(CCCN1CCCC1)C(O)CCCCCCCC. The molecule has 0 spiro atoms. The van der Waals surface area contributed by atoms with E-state index in [9.17, 15) is 10.2 Å². The number of allylic oxidation sites excluding steroid dienone is 1. The Morgan fingerprint density at radius 3 is 1.66 bits per heavy atom. The number of hydrogen-bond acceptors (Lipinski definition) is 7. The number of likely N-dealkylation sites (tertiary alicyclic amines) is 1. The predicted octanol–water partition coefficient (Wildman–Crippen LogP) is 17.3. The van der Waals surface area contributed by atoms with Gasteiger partial charge in [0.25, 0.3) is 0 Å². The lowest BCUT2D eigenvalue weighted by Gasteiger charge is -2.36. The second kappa shape index (κ2) is 50.4. The van der Waals surface area contributed by atoms with Gasteiger partial charge in [-0.25, -0.2) is 0 Å². The fourth-order valence-electron chi connectivity index (χ4n) is 10.3. The maximum absolute atomic E-state index is 11.8. The van der Waals surface area contributed by atoms with Crippen molar-refractivity contribution in [2.45, 2.75) is 316 Å². The van der Waals surface area contributed by atoms with E-state index in [0.717, 1.165) is 64.7 Å². The van der Waals surface area contributed by atoms with Crippen molar-refractivity contribution < 1.29 is 24.4 Å². The van der Waals surface area contributed by atoms with Crippen LogP contribution in [0.1, 0.15) is 298 Å². The number of nitrogens with zero attached hydrogens (tertiary/aromatic N) is 2. The molecule has 7 heteroatoms. The van der Waals surface area contributed by atoms with Crippen molar-refractivity contribution in [1.29, 1.82) is 0 Å². The van der Waals surface area contributed by atoms with Crippen molar-refractivity contribution in [3.63, 3.8) is 0 Å². The first kappa shape index (κ1) is 64.5. The van der Waals surface area contributed by atoms with Gasteiger partial charge in [-0.05, 0) is 134 Å². The van der Waals surface area contributed by atoms with Gasteiger partial charge >= 0.3 is 0 Å². The van der Waals surface area contributed by atoms with E-state index < -0.39 is 6.29 Å². The molecule has 0 aromatic carbocycles. The van der Waals surface area contributed by atoms with Crippen molar-refractivity contribution >= 4 is 0 Å². The normalized spacial score (nSPS) is 15.6. The Hall–Kier alpha value is -0.540. The summed E-state index contributed by atoms with van der Waals surface area (Å²) in [4.78, 5) is 5.23. The first-order valence-corrected chi connectivity index (χ1v) is 30.3. The molecule has 1 fully saturated rings. The maximum Gasteiger partial charge on any atom is 0.154 e. The van der Waals surface area contributed by atoms with Crippen LogP contribution in [0.5, 0.6) is 0 Å². The lowest BCUT2D eigenvalue weighted by Crippen LogP contribution is -2.44. The molecule has 0 amide bonds. The van der Waals surface area contributed by atoms with Gasteiger partial charge in [-0.2, -0.15) is 0 Å². The lowest BCUT2D eigenvalue weighted by molar-refractivity contribution is -0.0965.